The second-order valence-electron chi connectivity index (χ2n) is 7.52. The number of hydrogen-bond donors (Lipinski definition) is 0. The number of anilines is 1. The number of likely N-dealkylation sites (N-methyl/N-ethyl adjacent to an activating group) is 1. The molecule has 2 aliphatic rings. The maximum atomic E-state index is 13.4. The normalized spacial score (nSPS) is 16.2. The van der Waals surface area contributed by atoms with Gasteiger partial charge in [0.05, 0.1) is 10.2 Å². The smallest absolute Gasteiger partial charge is 0.231 e. The number of carbonyl (C=O) groups is 1. The van der Waals surface area contributed by atoms with Gasteiger partial charge in [0.1, 0.15) is 0 Å². The number of carbonyl (C=O) groups excluding carboxylic acids is 1. The zero-order valence-electron chi connectivity index (χ0n) is 17.2. The number of ether oxygens (including phenoxy) is 2. The zero-order valence-corrected chi connectivity index (χ0v) is 18.7. The van der Waals surface area contributed by atoms with E-state index in [1.807, 2.05) is 17.0 Å². The third-order valence-electron chi connectivity index (χ3n) is 5.86. The molecule has 1 fully saturated rings. The number of thiazole rings is 1. The van der Waals surface area contributed by atoms with Crippen molar-refractivity contribution >= 4 is 32.6 Å². The number of rotatable bonds is 7. The first-order valence-corrected chi connectivity index (χ1v) is 11.2. The number of benzene rings is 1. The molecule has 0 atom stereocenters. The van der Waals surface area contributed by atoms with Crippen molar-refractivity contribution in [1.82, 2.24) is 9.88 Å². The SMILES string of the molecule is CCN(CC)CCN(C(=O)C1CCCCC1)c1nc2cc3c(cc2s1)OCO3.[Cl-]. The lowest BCUT2D eigenvalue weighted by atomic mass is 9.88. The predicted octanol–water partition coefficient (Wildman–Crippen LogP) is 1.28. The van der Waals surface area contributed by atoms with Gasteiger partial charge in [0, 0.05) is 31.1 Å². The molecule has 1 amide bonds. The highest BCUT2D eigenvalue weighted by molar-refractivity contribution is 7.22. The van der Waals surface area contributed by atoms with Crippen LogP contribution < -0.4 is 26.8 Å². The summed E-state index contributed by atoms with van der Waals surface area (Å²) >= 11 is 1.57. The Bertz CT molecular complexity index is 793. The fourth-order valence-corrected chi connectivity index (χ4v) is 5.08. The quantitative estimate of drug-likeness (QED) is 0.652. The summed E-state index contributed by atoms with van der Waals surface area (Å²) in [6, 6.07) is 3.90. The van der Waals surface area contributed by atoms with Gasteiger partial charge in [0.15, 0.2) is 16.6 Å². The second-order valence-corrected chi connectivity index (χ2v) is 8.53. The van der Waals surface area contributed by atoms with Crippen molar-refractivity contribution in [3.05, 3.63) is 12.1 Å². The van der Waals surface area contributed by atoms with Gasteiger partial charge >= 0.3 is 0 Å². The highest BCUT2D eigenvalue weighted by atomic mass is 35.5. The molecule has 1 aliphatic carbocycles. The van der Waals surface area contributed by atoms with Crippen molar-refractivity contribution in [3.8, 4) is 11.5 Å². The molecule has 0 saturated heterocycles. The van der Waals surface area contributed by atoms with Gasteiger partial charge in [-0.15, -0.1) is 0 Å². The summed E-state index contributed by atoms with van der Waals surface area (Å²) in [6.07, 6.45) is 5.56. The average Bonchev–Trinajstić information content (AvgIpc) is 3.35. The van der Waals surface area contributed by atoms with E-state index in [0.29, 0.717) is 6.54 Å². The Morgan fingerprint density at radius 3 is 2.48 bits per heavy atom. The van der Waals surface area contributed by atoms with Crippen LogP contribution in [0.3, 0.4) is 0 Å². The molecule has 1 aliphatic heterocycles. The van der Waals surface area contributed by atoms with Crippen LogP contribution in [0.1, 0.15) is 46.0 Å². The van der Waals surface area contributed by atoms with Crippen LogP contribution in [0.5, 0.6) is 11.5 Å². The number of hydrogen-bond acceptors (Lipinski definition) is 6. The molecule has 2 heterocycles. The minimum absolute atomic E-state index is 0. The number of amides is 1. The highest BCUT2D eigenvalue weighted by Crippen LogP contribution is 2.40. The van der Waals surface area contributed by atoms with Gasteiger partial charge in [-0.2, -0.15) is 0 Å². The van der Waals surface area contributed by atoms with Crippen LogP contribution in [0.4, 0.5) is 5.13 Å². The second kappa shape index (κ2) is 9.96. The van der Waals surface area contributed by atoms with E-state index in [1.165, 1.54) is 6.42 Å². The van der Waals surface area contributed by atoms with Crippen LogP contribution in [-0.4, -0.2) is 48.8 Å². The Balaban J connectivity index is 0.00000240. The van der Waals surface area contributed by atoms with Gasteiger partial charge in [-0.05, 0) is 25.9 Å². The van der Waals surface area contributed by atoms with Gasteiger partial charge in [0.2, 0.25) is 12.7 Å². The summed E-state index contributed by atoms with van der Waals surface area (Å²) in [5.41, 5.74) is 0.869. The van der Waals surface area contributed by atoms with Crippen molar-refractivity contribution in [2.24, 2.45) is 5.92 Å². The molecule has 2 aromatic rings. The largest absolute Gasteiger partial charge is 1.00 e. The summed E-state index contributed by atoms with van der Waals surface area (Å²) in [7, 11) is 0. The average molecular weight is 439 g/mol. The molecule has 0 radical (unpaired) electrons. The number of halogens is 1. The van der Waals surface area contributed by atoms with Gasteiger partial charge in [-0.3, -0.25) is 9.69 Å². The van der Waals surface area contributed by atoms with Crippen LogP contribution >= 0.6 is 11.3 Å². The van der Waals surface area contributed by atoms with E-state index in [1.54, 1.807) is 11.3 Å². The highest BCUT2D eigenvalue weighted by Gasteiger charge is 2.29. The number of aromatic nitrogens is 1. The first-order chi connectivity index (χ1) is 13.7. The summed E-state index contributed by atoms with van der Waals surface area (Å²) < 4.78 is 12.0. The van der Waals surface area contributed by atoms with Crippen LogP contribution in [0.2, 0.25) is 0 Å². The molecule has 1 aromatic carbocycles. The Kier molecular flexibility index (Phi) is 7.60. The van der Waals surface area contributed by atoms with E-state index in [0.717, 1.165) is 72.2 Å². The Labute approximate surface area is 182 Å². The molecule has 0 spiro atoms. The molecular weight excluding hydrogens is 410 g/mol. The van der Waals surface area contributed by atoms with Crippen LogP contribution in [0.15, 0.2) is 12.1 Å². The van der Waals surface area contributed by atoms with Crippen molar-refractivity contribution in [1.29, 1.82) is 0 Å². The van der Waals surface area contributed by atoms with Gasteiger partial charge in [-0.1, -0.05) is 44.4 Å². The fourth-order valence-electron chi connectivity index (χ4n) is 4.07. The molecule has 4 rings (SSSR count). The first-order valence-electron chi connectivity index (χ1n) is 10.4. The van der Waals surface area contributed by atoms with Crippen LogP contribution in [-0.2, 0) is 4.79 Å². The molecular formula is C21H29ClN3O3S-. The minimum atomic E-state index is 0. The summed E-state index contributed by atoms with van der Waals surface area (Å²) in [4.78, 5) is 22.5. The molecule has 8 heteroatoms. The maximum Gasteiger partial charge on any atom is 0.231 e. The molecule has 160 valence electrons. The van der Waals surface area contributed by atoms with Crippen molar-refractivity contribution in [3.63, 3.8) is 0 Å². The third-order valence-corrected chi connectivity index (χ3v) is 6.90. The van der Waals surface area contributed by atoms with E-state index in [-0.39, 0.29) is 31.0 Å². The van der Waals surface area contributed by atoms with E-state index < -0.39 is 0 Å². The Morgan fingerprint density at radius 2 is 1.79 bits per heavy atom. The summed E-state index contributed by atoms with van der Waals surface area (Å²) in [5.74, 6) is 1.87. The predicted molar refractivity (Wildman–Crippen MR) is 112 cm³/mol. The van der Waals surface area contributed by atoms with E-state index in [2.05, 4.69) is 18.7 Å². The molecule has 29 heavy (non-hydrogen) atoms. The van der Waals surface area contributed by atoms with Crippen molar-refractivity contribution in [2.75, 3.05) is 37.9 Å². The topological polar surface area (TPSA) is 54.9 Å². The molecule has 6 nitrogen and oxygen atoms in total. The monoisotopic (exact) mass is 438 g/mol. The summed E-state index contributed by atoms with van der Waals surface area (Å²) in [6.45, 7) is 8.11. The van der Waals surface area contributed by atoms with E-state index in [9.17, 15) is 4.79 Å². The van der Waals surface area contributed by atoms with Crippen molar-refractivity contribution < 1.29 is 26.7 Å². The molecule has 1 aromatic heterocycles. The lowest BCUT2D eigenvalue weighted by Gasteiger charge is -2.29. The lowest BCUT2D eigenvalue weighted by molar-refractivity contribution is -0.123. The van der Waals surface area contributed by atoms with E-state index >= 15 is 0 Å². The van der Waals surface area contributed by atoms with Gasteiger partial charge in [0.25, 0.3) is 0 Å². The van der Waals surface area contributed by atoms with Crippen LogP contribution in [0, 0.1) is 5.92 Å². The molecule has 0 unspecified atom stereocenters. The number of nitrogens with zero attached hydrogens (tertiary/aromatic N) is 3. The fraction of sp³-hybridized carbons (Fsp3) is 0.619. The molecule has 0 N–H and O–H groups in total. The lowest BCUT2D eigenvalue weighted by Crippen LogP contribution is -3.00. The summed E-state index contributed by atoms with van der Waals surface area (Å²) in [5, 5.41) is 0.793. The number of fused-ring (bicyclic) bond motifs is 2. The zero-order chi connectivity index (χ0) is 19.5. The van der Waals surface area contributed by atoms with Gasteiger partial charge in [-0.25, -0.2) is 4.98 Å². The molecule has 1 saturated carbocycles. The Morgan fingerprint density at radius 1 is 1.10 bits per heavy atom. The first kappa shape index (κ1) is 22.1. The minimum Gasteiger partial charge on any atom is -1.00 e. The maximum absolute atomic E-state index is 13.4. The third kappa shape index (κ3) is 4.78. The van der Waals surface area contributed by atoms with Gasteiger partial charge < -0.3 is 26.8 Å². The standard InChI is InChI=1S/C21H29N3O3S.ClH/c1-3-23(4-2)10-11-24(20(25)15-8-6-5-7-9-15)21-22-16-12-17-18(27-14-26-17)13-19(16)28-21;/h12-13,15H,3-11,14H2,1-2H3;1H/p-1. The Hall–Kier alpha value is -1.57. The van der Waals surface area contributed by atoms with Crippen molar-refractivity contribution in [2.45, 2.75) is 46.0 Å². The van der Waals surface area contributed by atoms with Crippen LogP contribution in [0.25, 0.3) is 10.2 Å². The van der Waals surface area contributed by atoms with E-state index in [4.69, 9.17) is 14.5 Å². The molecule has 0 bridgehead atoms.